The maximum atomic E-state index is 13.0. The Labute approximate surface area is 114 Å². The zero-order valence-corrected chi connectivity index (χ0v) is 11.7. The molecule has 2 unspecified atom stereocenters. The van der Waals surface area contributed by atoms with Gasteiger partial charge in [-0.2, -0.15) is 0 Å². The van der Waals surface area contributed by atoms with E-state index in [0.29, 0.717) is 6.04 Å². The molecule has 2 N–H and O–H groups in total. The average Bonchev–Trinajstić information content (AvgIpc) is 2.39. The van der Waals surface area contributed by atoms with Gasteiger partial charge in [0.15, 0.2) is 0 Å². The quantitative estimate of drug-likeness (QED) is 0.879. The second kappa shape index (κ2) is 6.35. The minimum absolute atomic E-state index is 0.0379. The Morgan fingerprint density at radius 1 is 1.47 bits per heavy atom. The van der Waals surface area contributed by atoms with Gasteiger partial charge in [-0.3, -0.25) is 4.90 Å². The molecular formula is C15H23FN2O. The standard InChI is InChI=1S/C15H23FN2O/c1-11(14-7-6-12(16)9-15(14)19)18(2)10-13-5-3-4-8-17-13/h6-7,9,11,13,17,19H,3-5,8,10H2,1-2H3. The molecule has 0 aromatic heterocycles. The smallest absolute Gasteiger partial charge is 0.126 e. The number of nitrogens with one attached hydrogen (secondary N) is 1. The Balaban J connectivity index is 1.99. The van der Waals surface area contributed by atoms with Gasteiger partial charge >= 0.3 is 0 Å². The summed E-state index contributed by atoms with van der Waals surface area (Å²) in [5.74, 6) is -0.360. The van der Waals surface area contributed by atoms with E-state index in [1.54, 1.807) is 6.07 Å². The zero-order chi connectivity index (χ0) is 13.8. The number of hydrogen-bond donors (Lipinski definition) is 2. The van der Waals surface area contributed by atoms with Crippen molar-refractivity contribution in [3.63, 3.8) is 0 Å². The molecular weight excluding hydrogens is 243 g/mol. The molecule has 0 saturated carbocycles. The number of likely N-dealkylation sites (N-methyl/N-ethyl adjacent to an activating group) is 1. The fourth-order valence-corrected chi connectivity index (χ4v) is 2.69. The first-order valence-corrected chi connectivity index (χ1v) is 7.00. The van der Waals surface area contributed by atoms with Gasteiger partial charge < -0.3 is 10.4 Å². The SMILES string of the molecule is CC(c1ccc(F)cc1O)N(C)CC1CCCCN1. The van der Waals surface area contributed by atoms with E-state index in [2.05, 4.69) is 10.2 Å². The number of aromatic hydroxyl groups is 1. The average molecular weight is 266 g/mol. The van der Waals surface area contributed by atoms with Crippen LogP contribution in [0.1, 0.15) is 37.8 Å². The van der Waals surface area contributed by atoms with E-state index in [-0.39, 0.29) is 11.8 Å². The normalized spacial score (nSPS) is 21.6. The first-order chi connectivity index (χ1) is 9.08. The second-order valence-electron chi connectivity index (χ2n) is 5.47. The van der Waals surface area contributed by atoms with Crippen molar-refractivity contribution < 1.29 is 9.50 Å². The molecule has 2 atom stereocenters. The highest BCUT2D eigenvalue weighted by Gasteiger charge is 2.20. The van der Waals surface area contributed by atoms with Gasteiger partial charge in [0.1, 0.15) is 11.6 Å². The fraction of sp³-hybridized carbons (Fsp3) is 0.600. The van der Waals surface area contributed by atoms with Crippen molar-refractivity contribution in [2.24, 2.45) is 0 Å². The van der Waals surface area contributed by atoms with Crippen molar-refractivity contribution in [3.05, 3.63) is 29.6 Å². The first-order valence-electron chi connectivity index (χ1n) is 7.00. The lowest BCUT2D eigenvalue weighted by atomic mass is 10.0. The predicted octanol–water partition coefficient (Wildman–Crippen LogP) is 2.67. The number of phenols is 1. The monoisotopic (exact) mass is 266 g/mol. The van der Waals surface area contributed by atoms with Gasteiger partial charge in [0.2, 0.25) is 0 Å². The van der Waals surface area contributed by atoms with Crippen LogP contribution in [0.3, 0.4) is 0 Å². The highest BCUT2D eigenvalue weighted by molar-refractivity contribution is 5.34. The minimum Gasteiger partial charge on any atom is -0.508 e. The first kappa shape index (κ1) is 14.3. The van der Waals surface area contributed by atoms with Crippen molar-refractivity contribution in [3.8, 4) is 5.75 Å². The molecule has 1 aromatic rings. The lowest BCUT2D eigenvalue weighted by Crippen LogP contribution is -2.43. The molecule has 0 spiro atoms. The summed E-state index contributed by atoms with van der Waals surface area (Å²) in [6, 6.07) is 4.84. The second-order valence-corrected chi connectivity index (χ2v) is 5.47. The van der Waals surface area contributed by atoms with Crippen molar-refractivity contribution in [2.45, 2.75) is 38.3 Å². The van der Waals surface area contributed by atoms with Gasteiger partial charge in [-0.25, -0.2) is 4.39 Å². The molecule has 19 heavy (non-hydrogen) atoms. The van der Waals surface area contributed by atoms with E-state index in [1.807, 2.05) is 14.0 Å². The third kappa shape index (κ3) is 3.67. The Morgan fingerprint density at radius 3 is 2.89 bits per heavy atom. The highest BCUT2D eigenvalue weighted by atomic mass is 19.1. The number of halogens is 1. The molecule has 0 radical (unpaired) electrons. The Morgan fingerprint density at radius 2 is 2.26 bits per heavy atom. The van der Waals surface area contributed by atoms with Crippen LogP contribution in [0.5, 0.6) is 5.75 Å². The molecule has 0 aliphatic carbocycles. The molecule has 4 heteroatoms. The lowest BCUT2D eigenvalue weighted by Gasteiger charge is -2.32. The molecule has 2 rings (SSSR count). The summed E-state index contributed by atoms with van der Waals surface area (Å²) in [4.78, 5) is 2.20. The molecule has 1 aromatic carbocycles. The van der Waals surface area contributed by atoms with Crippen LogP contribution in [0.15, 0.2) is 18.2 Å². The van der Waals surface area contributed by atoms with Crippen molar-refractivity contribution in [2.75, 3.05) is 20.1 Å². The van der Waals surface area contributed by atoms with Gasteiger partial charge in [-0.05, 0) is 39.4 Å². The summed E-state index contributed by atoms with van der Waals surface area (Å²) < 4.78 is 13.0. The van der Waals surface area contributed by atoms with Gasteiger partial charge in [0, 0.05) is 30.3 Å². The van der Waals surface area contributed by atoms with Crippen LogP contribution in [0.4, 0.5) is 4.39 Å². The van der Waals surface area contributed by atoms with E-state index >= 15 is 0 Å². The van der Waals surface area contributed by atoms with Crippen molar-refractivity contribution in [1.82, 2.24) is 10.2 Å². The summed E-state index contributed by atoms with van der Waals surface area (Å²) >= 11 is 0. The summed E-state index contributed by atoms with van der Waals surface area (Å²) in [6.45, 7) is 4.07. The van der Waals surface area contributed by atoms with Gasteiger partial charge in [-0.15, -0.1) is 0 Å². The maximum Gasteiger partial charge on any atom is 0.126 e. The van der Waals surface area contributed by atoms with Crippen LogP contribution < -0.4 is 5.32 Å². The van der Waals surface area contributed by atoms with Crippen LogP contribution in [-0.2, 0) is 0 Å². The lowest BCUT2D eigenvalue weighted by molar-refractivity contribution is 0.211. The Kier molecular flexibility index (Phi) is 4.77. The molecule has 106 valence electrons. The van der Waals surface area contributed by atoms with Crippen LogP contribution in [0.2, 0.25) is 0 Å². The van der Waals surface area contributed by atoms with E-state index < -0.39 is 5.82 Å². The molecule has 1 saturated heterocycles. The summed E-state index contributed by atoms with van der Waals surface area (Å²) in [6.07, 6.45) is 3.74. The zero-order valence-electron chi connectivity index (χ0n) is 11.7. The highest BCUT2D eigenvalue weighted by Crippen LogP contribution is 2.28. The van der Waals surface area contributed by atoms with Gasteiger partial charge in [0.05, 0.1) is 0 Å². The largest absolute Gasteiger partial charge is 0.508 e. The topological polar surface area (TPSA) is 35.5 Å². The molecule has 0 bridgehead atoms. The molecule has 3 nitrogen and oxygen atoms in total. The van der Waals surface area contributed by atoms with Gasteiger partial charge in [0.25, 0.3) is 0 Å². The summed E-state index contributed by atoms with van der Waals surface area (Å²) in [5.41, 5.74) is 0.778. The van der Waals surface area contributed by atoms with Crippen molar-refractivity contribution in [1.29, 1.82) is 0 Å². The Hall–Kier alpha value is -1.13. The number of hydrogen-bond acceptors (Lipinski definition) is 3. The third-order valence-electron chi connectivity index (χ3n) is 4.02. The van der Waals surface area contributed by atoms with E-state index in [4.69, 9.17) is 0 Å². The number of piperidine rings is 1. The number of benzene rings is 1. The van der Waals surface area contributed by atoms with Gasteiger partial charge in [-0.1, -0.05) is 12.5 Å². The van der Waals surface area contributed by atoms with Crippen LogP contribution in [-0.4, -0.2) is 36.2 Å². The Bertz CT molecular complexity index is 419. The molecule has 1 aliphatic rings. The van der Waals surface area contributed by atoms with E-state index in [1.165, 1.54) is 31.4 Å². The molecule has 1 heterocycles. The van der Waals surface area contributed by atoms with E-state index in [9.17, 15) is 9.50 Å². The van der Waals surface area contributed by atoms with Crippen LogP contribution in [0.25, 0.3) is 0 Å². The number of nitrogens with zero attached hydrogens (tertiary/aromatic N) is 1. The number of rotatable bonds is 4. The minimum atomic E-state index is -0.398. The van der Waals surface area contributed by atoms with E-state index in [0.717, 1.165) is 18.7 Å². The van der Waals surface area contributed by atoms with Crippen LogP contribution in [0, 0.1) is 5.82 Å². The number of phenolic OH excluding ortho intramolecular Hbond substituents is 1. The molecule has 0 amide bonds. The molecule has 1 fully saturated rings. The van der Waals surface area contributed by atoms with Crippen LogP contribution >= 0.6 is 0 Å². The summed E-state index contributed by atoms with van der Waals surface area (Å²) in [7, 11) is 2.05. The summed E-state index contributed by atoms with van der Waals surface area (Å²) in [5, 5.41) is 13.4. The molecule has 1 aliphatic heterocycles. The predicted molar refractivity (Wildman–Crippen MR) is 74.8 cm³/mol. The fourth-order valence-electron chi connectivity index (χ4n) is 2.69. The third-order valence-corrected chi connectivity index (χ3v) is 4.02. The van der Waals surface area contributed by atoms with Crippen molar-refractivity contribution >= 4 is 0 Å². The maximum absolute atomic E-state index is 13.0.